The lowest BCUT2D eigenvalue weighted by Crippen LogP contribution is -2.24. The minimum atomic E-state index is -0.545. The number of amides is 1. The van der Waals surface area contributed by atoms with Crippen LogP contribution < -0.4 is 5.32 Å². The van der Waals surface area contributed by atoms with Crippen LogP contribution in [0.15, 0.2) is 24.3 Å². The maximum atomic E-state index is 11.8. The van der Waals surface area contributed by atoms with E-state index in [0.29, 0.717) is 11.3 Å². The highest BCUT2D eigenvalue weighted by molar-refractivity contribution is 5.94. The zero-order valence-electron chi connectivity index (χ0n) is 12.8. The first kappa shape index (κ1) is 16.7. The standard InChI is InChI=1S/C16H20N2O3/c1-11(9-10-17)14(19)18-13-7-5-12(6-8-13)15(20)21-16(2,3)4/h5-8,11H,9H2,1-4H3,(H,18,19). The number of hydrogen-bond acceptors (Lipinski definition) is 4. The first-order valence-electron chi connectivity index (χ1n) is 6.74. The van der Waals surface area contributed by atoms with Gasteiger partial charge in [-0.05, 0) is 45.0 Å². The fourth-order valence-electron chi connectivity index (χ4n) is 1.52. The smallest absolute Gasteiger partial charge is 0.338 e. The Hall–Kier alpha value is -2.35. The van der Waals surface area contributed by atoms with Gasteiger partial charge < -0.3 is 10.1 Å². The largest absolute Gasteiger partial charge is 0.456 e. The summed E-state index contributed by atoms with van der Waals surface area (Å²) in [6.45, 7) is 7.09. The molecule has 1 amide bonds. The van der Waals surface area contributed by atoms with Gasteiger partial charge in [-0.2, -0.15) is 5.26 Å². The monoisotopic (exact) mass is 288 g/mol. The number of esters is 1. The molecule has 0 saturated heterocycles. The van der Waals surface area contributed by atoms with Gasteiger partial charge in [0.25, 0.3) is 0 Å². The third-order valence-electron chi connectivity index (χ3n) is 2.63. The Labute approximate surface area is 124 Å². The highest BCUT2D eigenvalue weighted by atomic mass is 16.6. The normalized spacial score (nSPS) is 12.1. The maximum absolute atomic E-state index is 11.8. The fraction of sp³-hybridized carbons (Fsp3) is 0.438. The Balaban J connectivity index is 2.69. The minimum absolute atomic E-state index is 0.168. The summed E-state index contributed by atoms with van der Waals surface area (Å²) in [6, 6.07) is 8.42. The number of anilines is 1. The summed E-state index contributed by atoms with van der Waals surface area (Å²) in [5.41, 5.74) is 0.460. The number of benzene rings is 1. The van der Waals surface area contributed by atoms with Crippen LogP contribution in [0.3, 0.4) is 0 Å². The second kappa shape index (κ2) is 6.89. The Morgan fingerprint density at radius 2 is 1.86 bits per heavy atom. The van der Waals surface area contributed by atoms with Crippen LogP contribution in [0.2, 0.25) is 0 Å². The van der Waals surface area contributed by atoms with Gasteiger partial charge in [0.1, 0.15) is 5.60 Å². The number of nitriles is 1. The molecule has 5 heteroatoms. The van der Waals surface area contributed by atoms with Crippen molar-refractivity contribution in [2.24, 2.45) is 5.92 Å². The average Bonchev–Trinajstić information content (AvgIpc) is 2.37. The summed E-state index contributed by atoms with van der Waals surface area (Å²) < 4.78 is 5.25. The molecule has 1 aromatic rings. The number of hydrogen-bond donors (Lipinski definition) is 1. The lowest BCUT2D eigenvalue weighted by molar-refractivity contribution is -0.119. The zero-order chi connectivity index (χ0) is 16.0. The molecule has 112 valence electrons. The quantitative estimate of drug-likeness (QED) is 0.863. The second-order valence-electron chi connectivity index (χ2n) is 5.83. The molecule has 0 bridgehead atoms. The Kier molecular flexibility index (Phi) is 5.48. The molecule has 1 N–H and O–H groups in total. The van der Waals surface area contributed by atoms with Crippen LogP contribution in [0, 0.1) is 17.2 Å². The second-order valence-corrected chi connectivity index (χ2v) is 5.83. The number of nitrogens with zero attached hydrogens (tertiary/aromatic N) is 1. The van der Waals surface area contributed by atoms with Gasteiger partial charge in [0.05, 0.1) is 11.6 Å². The first-order chi connectivity index (χ1) is 9.73. The van der Waals surface area contributed by atoms with E-state index in [4.69, 9.17) is 10.00 Å². The number of carbonyl (C=O) groups excluding carboxylic acids is 2. The molecule has 1 aromatic carbocycles. The van der Waals surface area contributed by atoms with Crippen LogP contribution in [0.4, 0.5) is 5.69 Å². The van der Waals surface area contributed by atoms with Crippen molar-refractivity contribution in [2.75, 3.05) is 5.32 Å². The van der Waals surface area contributed by atoms with Gasteiger partial charge in [0.2, 0.25) is 5.91 Å². The average molecular weight is 288 g/mol. The lowest BCUT2D eigenvalue weighted by atomic mass is 10.1. The van der Waals surface area contributed by atoms with E-state index >= 15 is 0 Å². The van der Waals surface area contributed by atoms with Crippen molar-refractivity contribution in [3.8, 4) is 6.07 Å². The summed E-state index contributed by atoms with van der Waals surface area (Å²) in [6.07, 6.45) is 0.168. The highest BCUT2D eigenvalue weighted by Crippen LogP contribution is 2.15. The van der Waals surface area contributed by atoms with E-state index in [9.17, 15) is 9.59 Å². The summed E-state index contributed by atoms with van der Waals surface area (Å²) >= 11 is 0. The minimum Gasteiger partial charge on any atom is -0.456 e. The molecule has 1 unspecified atom stereocenters. The topological polar surface area (TPSA) is 79.2 Å². The summed E-state index contributed by atoms with van der Waals surface area (Å²) in [7, 11) is 0. The van der Waals surface area contributed by atoms with Crippen molar-refractivity contribution in [3.05, 3.63) is 29.8 Å². The van der Waals surface area contributed by atoms with Gasteiger partial charge in [-0.15, -0.1) is 0 Å². The van der Waals surface area contributed by atoms with Gasteiger partial charge in [-0.25, -0.2) is 4.79 Å². The van der Waals surface area contributed by atoms with E-state index < -0.39 is 11.6 Å². The molecule has 0 fully saturated rings. The SMILES string of the molecule is CC(CC#N)C(=O)Nc1ccc(C(=O)OC(C)(C)C)cc1. The highest BCUT2D eigenvalue weighted by Gasteiger charge is 2.18. The van der Waals surface area contributed by atoms with Gasteiger partial charge in [-0.1, -0.05) is 6.92 Å². The van der Waals surface area contributed by atoms with Gasteiger partial charge >= 0.3 is 5.97 Å². The Morgan fingerprint density at radius 1 is 1.29 bits per heavy atom. The van der Waals surface area contributed by atoms with E-state index in [1.165, 1.54) is 0 Å². The van der Waals surface area contributed by atoms with Crippen molar-refractivity contribution >= 4 is 17.6 Å². The van der Waals surface area contributed by atoms with Crippen molar-refractivity contribution in [2.45, 2.75) is 39.7 Å². The van der Waals surface area contributed by atoms with Gasteiger partial charge in [0.15, 0.2) is 0 Å². The molecule has 0 spiro atoms. The van der Waals surface area contributed by atoms with Crippen LogP contribution in [0.1, 0.15) is 44.5 Å². The van der Waals surface area contributed by atoms with Gasteiger partial charge in [0, 0.05) is 18.0 Å². The third-order valence-corrected chi connectivity index (χ3v) is 2.63. The van der Waals surface area contributed by atoms with Crippen LogP contribution in [0.5, 0.6) is 0 Å². The predicted octanol–water partition coefficient (Wildman–Crippen LogP) is 3.13. The molecule has 21 heavy (non-hydrogen) atoms. The number of rotatable bonds is 4. The molecule has 0 aliphatic rings. The molecule has 0 heterocycles. The first-order valence-corrected chi connectivity index (χ1v) is 6.74. The molecule has 5 nitrogen and oxygen atoms in total. The van der Waals surface area contributed by atoms with E-state index in [1.54, 1.807) is 52.0 Å². The van der Waals surface area contributed by atoms with Crippen LogP contribution >= 0.6 is 0 Å². The van der Waals surface area contributed by atoms with Crippen LogP contribution in [0.25, 0.3) is 0 Å². The lowest BCUT2D eigenvalue weighted by Gasteiger charge is -2.19. The predicted molar refractivity (Wildman–Crippen MR) is 79.6 cm³/mol. The van der Waals surface area contributed by atoms with Crippen LogP contribution in [-0.2, 0) is 9.53 Å². The molecule has 0 saturated carbocycles. The van der Waals surface area contributed by atoms with Crippen molar-refractivity contribution in [1.82, 2.24) is 0 Å². The van der Waals surface area contributed by atoms with E-state index in [2.05, 4.69) is 5.32 Å². The van der Waals surface area contributed by atoms with Gasteiger partial charge in [-0.3, -0.25) is 4.79 Å². The molecule has 0 aliphatic carbocycles. The number of nitrogens with one attached hydrogen (secondary N) is 1. The van der Waals surface area contributed by atoms with Crippen molar-refractivity contribution in [3.63, 3.8) is 0 Å². The van der Waals surface area contributed by atoms with Crippen molar-refractivity contribution < 1.29 is 14.3 Å². The van der Waals surface area contributed by atoms with E-state index in [0.717, 1.165) is 0 Å². The molecule has 1 atom stereocenters. The van der Waals surface area contributed by atoms with E-state index in [1.807, 2.05) is 6.07 Å². The Bertz CT molecular complexity index is 550. The molecular formula is C16H20N2O3. The maximum Gasteiger partial charge on any atom is 0.338 e. The third kappa shape index (κ3) is 5.65. The molecule has 0 aliphatic heterocycles. The fourth-order valence-corrected chi connectivity index (χ4v) is 1.52. The summed E-state index contributed by atoms with van der Waals surface area (Å²) in [5.74, 6) is -1.000. The number of ether oxygens (including phenoxy) is 1. The Morgan fingerprint density at radius 3 is 2.33 bits per heavy atom. The molecule has 1 rings (SSSR count). The van der Waals surface area contributed by atoms with Crippen molar-refractivity contribution in [1.29, 1.82) is 5.26 Å². The molecule has 0 radical (unpaired) electrons. The summed E-state index contributed by atoms with van der Waals surface area (Å²) in [5, 5.41) is 11.3. The zero-order valence-corrected chi connectivity index (χ0v) is 12.8. The molecular weight excluding hydrogens is 268 g/mol. The van der Waals surface area contributed by atoms with Crippen LogP contribution in [-0.4, -0.2) is 17.5 Å². The number of carbonyl (C=O) groups is 2. The van der Waals surface area contributed by atoms with E-state index in [-0.39, 0.29) is 18.2 Å². The summed E-state index contributed by atoms with van der Waals surface area (Å²) in [4.78, 5) is 23.6. The molecule has 0 aromatic heterocycles.